The summed E-state index contributed by atoms with van der Waals surface area (Å²) in [6.07, 6.45) is 0. The Morgan fingerprint density at radius 3 is 1.29 bits per heavy atom. The predicted molar refractivity (Wildman–Crippen MR) is 312 cm³/mol. The molecule has 0 amide bonds. The zero-order valence-electron chi connectivity index (χ0n) is 42.0. The van der Waals surface area contributed by atoms with E-state index in [9.17, 15) is 0 Å². The fourth-order valence-corrected chi connectivity index (χ4v) is 12.1. The van der Waals surface area contributed by atoms with E-state index in [2.05, 4.69) is 291 Å². The average molecular weight is 965 g/mol. The number of furan rings is 2. The molecule has 0 unspecified atom stereocenters. The van der Waals surface area contributed by atoms with Gasteiger partial charge in [-0.3, -0.25) is 0 Å². The van der Waals surface area contributed by atoms with Crippen LogP contribution < -0.4 is 9.80 Å². The van der Waals surface area contributed by atoms with Crippen molar-refractivity contribution >= 4 is 78.0 Å². The number of nitrogens with zero attached hydrogens (tertiary/aromatic N) is 2. The molecule has 0 N–H and O–H groups in total. The lowest BCUT2D eigenvalue weighted by Crippen LogP contribution is -2.29. The van der Waals surface area contributed by atoms with Crippen LogP contribution in [0.3, 0.4) is 0 Å². The van der Waals surface area contributed by atoms with Gasteiger partial charge in [-0.2, -0.15) is 0 Å². The summed E-state index contributed by atoms with van der Waals surface area (Å²) in [4.78, 5) is 4.81. The van der Waals surface area contributed by atoms with E-state index in [1.54, 1.807) is 0 Å². The molecule has 358 valence electrons. The van der Waals surface area contributed by atoms with Gasteiger partial charge < -0.3 is 18.6 Å². The lowest BCUT2D eigenvalue weighted by Gasteiger charge is -2.36. The highest BCUT2D eigenvalue weighted by Gasteiger charge is 2.50. The van der Waals surface area contributed by atoms with E-state index in [0.29, 0.717) is 0 Å². The zero-order chi connectivity index (χ0) is 50.3. The molecule has 0 fully saturated rings. The molecule has 2 heterocycles. The number of para-hydroxylation sites is 4. The number of hydrogen-bond acceptors (Lipinski definition) is 4. The van der Waals surface area contributed by atoms with Crippen LogP contribution in [0.5, 0.6) is 0 Å². The van der Waals surface area contributed by atoms with Crippen LogP contribution in [0.2, 0.25) is 0 Å². The molecule has 1 aliphatic rings. The molecule has 13 aromatic rings. The summed E-state index contributed by atoms with van der Waals surface area (Å²) in [5.41, 5.74) is 18.8. The van der Waals surface area contributed by atoms with Gasteiger partial charge in [-0.15, -0.1) is 0 Å². The van der Waals surface area contributed by atoms with Crippen molar-refractivity contribution in [3.63, 3.8) is 0 Å². The topological polar surface area (TPSA) is 32.8 Å². The third kappa shape index (κ3) is 6.97. The Morgan fingerprint density at radius 2 is 0.747 bits per heavy atom. The minimum Gasteiger partial charge on any atom is -0.455 e. The van der Waals surface area contributed by atoms with E-state index in [1.807, 2.05) is 0 Å². The molecule has 4 nitrogen and oxygen atoms in total. The Labute approximate surface area is 437 Å². The highest BCUT2D eigenvalue weighted by Crippen LogP contribution is 2.64. The van der Waals surface area contributed by atoms with Crippen LogP contribution in [0, 0.1) is 0 Å². The molecule has 0 aliphatic heterocycles. The normalized spacial score (nSPS) is 12.8. The standard InChI is InChI=1S/C71H52N2O2/c1-70(2,3)49-39-43-55(44-40-49)73(54-41-37-48(38-42-54)47-23-9-4-10-24-47)61-46-58-66(65-57-34-20-22-36-63(57)74-68(61)65)67-59(71(58,50-25-11-5-12-26-50)51-27-13-6-14-28-51)45-60(64-56-33-19-21-35-62(56)75-69(64)67)72(52-29-15-7-16-30-52)53-31-17-8-18-32-53/h4-46H,1-3H3. The van der Waals surface area contributed by atoms with E-state index in [1.165, 1.54) is 11.1 Å². The Bertz CT molecular complexity index is 4150. The Hall–Kier alpha value is -9.38. The van der Waals surface area contributed by atoms with Crippen molar-refractivity contribution in [1.82, 2.24) is 0 Å². The van der Waals surface area contributed by atoms with Gasteiger partial charge in [0.25, 0.3) is 0 Å². The third-order valence-electron chi connectivity index (χ3n) is 15.5. The minimum atomic E-state index is -0.867. The van der Waals surface area contributed by atoms with Gasteiger partial charge in [0.2, 0.25) is 0 Å². The maximum Gasteiger partial charge on any atom is 0.160 e. The molecule has 0 saturated carbocycles. The Morgan fingerprint density at radius 1 is 0.347 bits per heavy atom. The second kappa shape index (κ2) is 17.4. The van der Waals surface area contributed by atoms with Gasteiger partial charge >= 0.3 is 0 Å². The molecule has 75 heavy (non-hydrogen) atoms. The average Bonchev–Trinajstić information content (AvgIpc) is 4.16. The van der Waals surface area contributed by atoms with Crippen molar-refractivity contribution in [3.8, 4) is 22.3 Å². The lowest BCUT2D eigenvalue weighted by molar-refractivity contribution is 0.590. The SMILES string of the molecule is CC(C)(C)c1ccc(N(c2ccc(-c3ccccc3)cc2)c2cc3c(c4c2oc2ccccc24)-c2c(cc(N(c4ccccc4)c4ccccc4)c4c2oc2ccccc24)C3(c2ccccc2)c2ccccc2)cc1. The van der Waals surface area contributed by atoms with Crippen molar-refractivity contribution in [3.05, 3.63) is 289 Å². The maximum absolute atomic E-state index is 7.45. The van der Waals surface area contributed by atoms with Crippen LogP contribution in [-0.4, -0.2) is 0 Å². The first-order chi connectivity index (χ1) is 36.9. The molecular weight excluding hydrogens is 913 g/mol. The van der Waals surface area contributed by atoms with Gasteiger partial charge in [0.05, 0.1) is 22.2 Å². The van der Waals surface area contributed by atoms with E-state index < -0.39 is 5.41 Å². The number of fused-ring (bicyclic) bond motifs is 11. The second-order valence-corrected chi connectivity index (χ2v) is 20.8. The van der Waals surface area contributed by atoms with Gasteiger partial charge in [-0.1, -0.05) is 209 Å². The summed E-state index contributed by atoms with van der Waals surface area (Å²) in [6.45, 7) is 6.82. The fourth-order valence-electron chi connectivity index (χ4n) is 12.1. The van der Waals surface area contributed by atoms with E-state index in [0.717, 1.165) is 117 Å². The molecule has 0 bridgehead atoms. The number of rotatable bonds is 9. The molecule has 1 aliphatic carbocycles. The quantitative estimate of drug-likeness (QED) is 0.144. The van der Waals surface area contributed by atoms with E-state index in [4.69, 9.17) is 8.83 Å². The largest absolute Gasteiger partial charge is 0.455 e. The van der Waals surface area contributed by atoms with Gasteiger partial charge in [0.1, 0.15) is 16.7 Å². The summed E-state index contributed by atoms with van der Waals surface area (Å²) in [5, 5.41) is 4.18. The van der Waals surface area contributed by atoms with E-state index >= 15 is 0 Å². The highest BCUT2D eigenvalue weighted by molar-refractivity contribution is 6.26. The molecule has 0 radical (unpaired) electrons. The van der Waals surface area contributed by atoms with Crippen LogP contribution in [-0.2, 0) is 10.8 Å². The minimum absolute atomic E-state index is 0.0333. The molecular formula is C71H52N2O2. The maximum atomic E-state index is 7.45. The summed E-state index contributed by atoms with van der Waals surface area (Å²) >= 11 is 0. The van der Waals surface area contributed by atoms with Crippen LogP contribution in [0.15, 0.2) is 270 Å². The molecule has 0 spiro atoms. The summed E-state index contributed by atoms with van der Waals surface area (Å²) < 4.78 is 14.8. The number of benzene rings is 11. The fraction of sp³-hybridized carbons (Fsp3) is 0.0704. The van der Waals surface area contributed by atoms with Crippen LogP contribution >= 0.6 is 0 Å². The van der Waals surface area contributed by atoms with Gasteiger partial charge in [-0.05, 0) is 117 Å². The number of hydrogen-bond donors (Lipinski definition) is 0. The zero-order valence-corrected chi connectivity index (χ0v) is 42.0. The molecule has 0 atom stereocenters. The first kappa shape index (κ1) is 44.3. The van der Waals surface area contributed by atoms with E-state index in [-0.39, 0.29) is 5.41 Å². The van der Waals surface area contributed by atoms with Crippen molar-refractivity contribution in [2.45, 2.75) is 31.6 Å². The van der Waals surface area contributed by atoms with Gasteiger partial charge in [-0.25, -0.2) is 0 Å². The molecule has 11 aromatic carbocycles. The summed E-state index contributed by atoms with van der Waals surface area (Å²) in [6, 6.07) is 94.4. The first-order valence-electron chi connectivity index (χ1n) is 25.9. The summed E-state index contributed by atoms with van der Waals surface area (Å²) in [5.74, 6) is 0. The second-order valence-electron chi connectivity index (χ2n) is 20.8. The van der Waals surface area contributed by atoms with Crippen LogP contribution in [0.1, 0.15) is 48.6 Å². The Kier molecular flexibility index (Phi) is 10.3. The van der Waals surface area contributed by atoms with Crippen molar-refractivity contribution in [2.75, 3.05) is 9.80 Å². The molecule has 0 saturated heterocycles. The Balaban J connectivity index is 1.17. The van der Waals surface area contributed by atoms with Crippen molar-refractivity contribution in [1.29, 1.82) is 0 Å². The third-order valence-corrected chi connectivity index (χ3v) is 15.5. The number of anilines is 6. The van der Waals surface area contributed by atoms with Gasteiger partial charge in [0, 0.05) is 50.0 Å². The van der Waals surface area contributed by atoms with Crippen molar-refractivity contribution in [2.24, 2.45) is 0 Å². The van der Waals surface area contributed by atoms with Crippen LogP contribution in [0.4, 0.5) is 34.1 Å². The van der Waals surface area contributed by atoms with Crippen LogP contribution in [0.25, 0.3) is 66.1 Å². The molecule has 2 aromatic heterocycles. The molecule has 4 heteroatoms. The van der Waals surface area contributed by atoms with Crippen molar-refractivity contribution < 1.29 is 8.83 Å². The smallest absolute Gasteiger partial charge is 0.160 e. The predicted octanol–water partition coefficient (Wildman–Crippen LogP) is 19.8. The monoisotopic (exact) mass is 964 g/mol. The first-order valence-corrected chi connectivity index (χ1v) is 25.9. The summed E-state index contributed by atoms with van der Waals surface area (Å²) in [7, 11) is 0. The van der Waals surface area contributed by atoms with Gasteiger partial charge in [0.15, 0.2) is 5.58 Å². The highest BCUT2D eigenvalue weighted by atomic mass is 16.3. The molecule has 14 rings (SSSR count). The lowest BCUT2D eigenvalue weighted by atomic mass is 9.67.